The minimum absolute atomic E-state index is 0.629. The Kier molecular flexibility index (Phi) is 2.95. The van der Waals surface area contributed by atoms with Gasteiger partial charge in [0, 0.05) is 35.4 Å². The van der Waals surface area contributed by atoms with Crippen LogP contribution >= 0.6 is 0 Å². The van der Waals surface area contributed by atoms with E-state index in [1.54, 1.807) is 0 Å². The van der Waals surface area contributed by atoms with E-state index in [1.165, 1.54) is 0 Å². The molecule has 3 nitrogen and oxygen atoms in total. The van der Waals surface area contributed by atoms with Crippen molar-refractivity contribution in [3.63, 3.8) is 0 Å². The lowest BCUT2D eigenvalue weighted by atomic mass is 10.1. The SMILES string of the molecule is Cc1cccc(N2CCS(=O)CC2)c1N. The third-order valence-electron chi connectivity index (χ3n) is 2.82. The second-order valence-corrected chi connectivity index (χ2v) is 5.54. The first kappa shape index (κ1) is 10.5. The molecule has 15 heavy (non-hydrogen) atoms. The van der Waals surface area contributed by atoms with Crippen molar-refractivity contribution in [3.8, 4) is 0 Å². The Morgan fingerprint density at radius 2 is 2.00 bits per heavy atom. The molecule has 0 atom stereocenters. The van der Waals surface area contributed by atoms with Crippen molar-refractivity contribution in [2.45, 2.75) is 6.92 Å². The van der Waals surface area contributed by atoms with Crippen LogP contribution < -0.4 is 10.6 Å². The molecule has 0 bridgehead atoms. The summed E-state index contributed by atoms with van der Waals surface area (Å²) >= 11 is 0. The normalized spacial score (nSPS) is 18.1. The monoisotopic (exact) mass is 224 g/mol. The first-order chi connectivity index (χ1) is 7.18. The zero-order chi connectivity index (χ0) is 10.8. The van der Waals surface area contributed by atoms with Gasteiger partial charge in [-0.05, 0) is 18.6 Å². The lowest BCUT2D eigenvalue weighted by Crippen LogP contribution is -2.38. The molecule has 0 unspecified atom stereocenters. The average Bonchev–Trinajstić information content (AvgIpc) is 2.24. The highest BCUT2D eigenvalue weighted by Crippen LogP contribution is 2.26. The molecule has 0 radical (unpaired) electrons. The molecule has 0 saturated carbocycles. The van der Waals surface area contributed by atoms with E-state index >= 15 is 0 Å². The molecule has 1 saturated heterocycles. The fraction of sp³-hybridized carbons (Fsp3) is 0.455. The van der Waals surface area contributed by atoms with E-state index in [1.807, 2.05) is 25.1 Å². The standard InChI is InChI=1S/C11H16N2OS/c1-9-3-2-4-10(11(9)12)13-5-7-15(14)8-6-13/h2-4H,5-8,12H2,1H3. The Morgan fingerprint density at radius 1 is 1.33 bits per heavy atom. The number of hydrogen-bond acceptors (Lipinski definition) is 3. The first-order valence-electron chi connectivity index (χ1n) is 5.13. The minimum Gasteiger partial charge on any atom is -0.397 e. The summed E-state index contributed by atoms with van der Waals surface area (Å²) in [6.45, 7) is 3.71. The summed E-state index contributed by atoms with van der Waals surface area (Å²) in [6.07, 6.45) is 0. The highest BCUT2D eigenvalue weighted by atomic mass is 32.2. The van der Waals surface area contributed by atoms with Gasteiger partial charge in [0.2, 0.25) is 0 Å². The molecule has 2 rings (SSSR count). The van der Waals surface area contributed by atoms with Crippen LogP contribution in [0.1, 0.15) is 5.56 Å². The first-order valence-corrected chi connectivity index (χ1v) is 6.62. The number of nitrogens with zero attached hydrogens (tertiary/aromatic N) is 1. The van der Waals surface area contributed by atoms with Crippen molar-refractivity contribution < 1.29 is 4.21 Å². The number of rotatable bonds is 1. The van der Waals surface area contributed by atoms with E-state index in [0.717, 1.165) is 41.5 Å². The smallest absolute Gasteiger partial charge is 0.0603 e. The van der Waals surface area contributed by atoms with Crippen molar-refractivity contribution in [1.82, 2.24) is 0 Å². The van der Waals surface area contributed by atoms with Gasteiger partial charge in [-0.1, -0.05) is 12.1 Å². The van der Waals surface area contributed by atoms with E-state index in [4.69, 9.17) is 5.73 Å². The summed E-state index contributed by atoms with van der Waals surface area (Å²) in [6, 6.07) is 6.07. The molecular weight excluding hydrogens is 208 g/mol. The second kappa shape index (κ2) is 4.23. The maximum absolute atomic E-state index is 11.2. The van der Waals surface area contributed by atoms with Crippen LogP contribution in [-0.2, 0) is 10.8 Å². The number of nitrogens with two attached hydrogens (primary N) is 1. The Labute approximate surface area is 92.7 Å². The van der Waals surface area contributed by atoms with E-state index in [9.17, 15) is 4.21 Å². The van der Waals surface area contributed by atoms with Crippen molar-refractivity contribution in [3.05, 3.63) is 23.8 Å². The molecule has 1 fully saturated rings. The third-order valence-corrected chi connectivity index (χ3v) is 4.10. The molecule has 1 aromatic rings. The summed E-state index contributed by atoms with van der Waals surface area (Å²) in [5.41, 5.74) is 9.08. The van der Waals surface area contributed by atoms with Crippen molar-refractivity contribution in [2.75, 3.05) is 35.2 Å². The van der Waals surface area contributed by atoms with Crippen molar-refractivity contribution in [1.29, 1.82) is 0 Å². The van der Waals surface area contributed by atoms with Crippen molar-refractivity contribution >= 4 is 22.2 Å². The molecule has 2 N–H and O–H groups in total. The van der Waals surface area contributed by atoms with Crippen LogP contribution in [-0.4, -0.2) is 28.8 Å². The summed E-state index contributed by atoms with van der Waals surface area (Å²) in [4.78, 5) is 2.23. The maximum atomic E-state index is 11.2. The molecule has 0 aromatic heterocycles. The molecule has 4 heteroatoms. The molecular formula is C11H16N2OS. The van der Waals surface area contributed by atoms with E-state index in [-0.39, 0.29) is 0 Å². The van der Waals surface area contributed by atoms with Gasteiger partial charge < -0.3 is 10.6 Å². The lowest BCUT2D eigenvalue weighted by molar-refractivity contribution is 0.673. The molecule has 0 spiro atoms. The highest BCUT2D eigenvalue weighted by Gasteiger charge is 2.17. The van der Waals surface area contributed by atoms with Gasteiger partial charge in [0.25, 0.3) is 0 Å². The number of aryl methyl sites for hydroxylation is 1. The van der Waals surface area contributed by atoms with E-state index in [2.05, 4.69) is 4.90 Å². The number of benzene rings is 1. The minimum atomic E-state index is -0.629. The molecule has 1 aliphatic heterocycles. The van der Waals surface area contributed by atoms with Crippen LogP contribution in [0.25, 0.3) is 0 Å². The Balaban J connectivity index is 2.22. The Morgan fingerprint density at radius 3 is 2.67 bits per heavy atom. The zero-order valence-electron chi connectivity index (χ0n) is 8.90. The predicted octanol–water partition coefficient (Wildman–Crippen LogP) is 1.15. The van der Waals surface area contributed by atoms with Gasteiger partial charge in [-0.2, -0.15) is 0 Å². The number of hydrogen-bond donors (Lipinski definition) is 1. The van der Waals surface area contributed by atoms with Crippen LogP contribution in [0.3, 0.4) is 0 Å². The predicted molar refractivity (Wildman–Crippen MR) is 65.7 cm³/mol. The zero-order valence-corrected chi connectivity index (χ0v) is 9.72. The van der Waals surface area contributed by atoms with Gasteiger partial charge in [0.15, 0.2) is 0 Å². The molecule has 1 aromatic carbocycles. The van der Waals surface area contributed by atoms with Crippen LogP contribution in [0.2, 0.25) is 0 Å². The van der Waals surface area contributed by atoms with Gasteiger partial charge in [-0.15, -0.1) is 0 Å². The molecule has 0 amide bonds. The number of anilines is 2. The largest absolute Gasteiger partial charge is 0.397 e. The maximum Gasteiger partial charge on any atom is 0.0603 e. The quantitative estimate of drug-likeness (QED) is 0.728. The third kappa shape index (κ3) is 2.15. The fourth-order valence-corrected chi connectivity index (χ4v) is 2.87. The van der Waals surface area contributed by atoms with Crippen LogP contribution in [0.4, 0.5) is 11.4 Å². The van der Waals surface area contributed by atoms with Gasteiger partial charge in [0.05, 0.1) is 11.4 Å². The molecule has 1 aliphatic rings. The van der Waals surface area contributed by atoms with E-state index < -0.39 is 10.8 Å². The van der Waals surface area contributed by atoms with Crippen molar-refractivity contribution in [2.24, 2.45) is 0 Å². The second-order valence-electron chi connectivity index (χ2n) is 3.84. The summed E-state index contributed by atoms with van der Waals surface area (Å²) < 4.78 is 11.2. The molecule has 82 valence electrons. The van der Waals surface area contributed by atoms with Crippen LogP contribution in [0, 0.1) is 6.92 Å². The number of nitrogen functional groups attached to an aromatic ring is 1. The fourth-order valence-electron chi connectivity index (χ4n) is 1.82. The molecule has 1 heterocycles. The van der Waals surface area contributed by atoms with Gasteiger partial charge in [-0.3, -0.25) is 4.21 Å². The Hall–Kier alpha value is -1.03. The molecule has 0 aliphatic carbocycles. The topological polar surface area (TPSA) is 46.3 Å². The summed E-state index contributed by atoms with van der Waals surface area (Å²) in [7, 11) is -0.629. The summed E-state index contributed by atoms with van der Waals surface area (Å²) in [5.74, 6) is 1.51. The van der Waals surface area contributed by atoms with Gasteiger partial charge in [0.1, 0.15) is 0 Å². The van der Waals surface area contributed by atoms with Gasteiger partial charge in [-0.25, -0.2) is 0 Å². The average molecular weight is 224 g/mol. The lowest BCUT2D eigenvalue weighted by Gasteiger charge is -2.29. The summed E-state index contributed by atoms with van der Waals surface area (Å²) in [5, 5.41) is 0. The number of para-hydroxylation sites is 1. The Bertz CT molecular complexity index is 382. The van der Waals surface area contributed by atoms with Crippen LogP contribution in [0.15, 0.2) is 18.2 Å². The van der Waals surface area contributed by atoms with Crippen LogP contribution in [0.5, 0.6) is 0 Å². The highest BCUT2D eigenvalue weighted by molar-refractivity contribution is 7.85. The van der Waals surface area contributed by atoms with Gasteiger partial charge >= 0.3 is 0 Å². The van der Waals surface area contributed by atoms with E-state index in [0.29, 0.717) is 0 Å².